The first-order chi connectivity index (χ1) is 9.74. The highest BCUT2D eigenvalue weighted by atomic mass is 32.1. The second kappa shape index (κ2) is 5.76. The SMILES string of the molecule is CC(O)c1ccnc(N2CCN(c3nccs3)CC2)c1. The summed E-state index contributed by atoms with van der Waals surface area (Å²) in [5.74, 6) is 0.946. The van der Waals surface area contributed by atoms with E-state index in [0.29, 0.717) is 0 Å². The number of aliphatic hydroxyl groups is 1. The predicted octanol–water partition coefficient (Wildman–Crippen LogP) is 1.92. The minimum atomic E-state index is -0.451. The summed E-state index contributed by atoms with van der Waals surface area (Å²) in [6.07, 6.45) is 3.17. The number of rotatable bonds is 3. The number of hydrogen-bond donors (Lipinski definition) is 1. The average Bonchev–Trinajstić information content (AvgIpc) is 3.02. The van der Waals surface area contributed by atoms with Crippen molar-refractivity contribution in [1.29, 1.82) is 0 Å². The van der Waals surface area contributed by atoms with Gasteiger partial charge in [-0.15, -0.1) is 11.3 Å². The van der Waals surface area contributed by atoms with Crippen LogP contribution in [0.5, 0.6) is 0 Å². The highest BCUT2D eigenvalue weighted by molar-refractivity contribution is 7.13. The largest absolute Gasteiger partial charge is 0.389 e. The molecule has 2 aromatic rings. The van der Waals surface area contributed by atoms with Gasteiger partial charge in [0.1, 0.15) is 5.82 Å². The molecule has 1 aliphatic heterocycles. The molecule has 0 bridgehead atoms. The number of thiazole rings is 1. The predicted molar refractivity (Wildman–Crippen MR) is 81.4 cm³/mol. The third-order valence-electron chi connectivity index (χ3n) is 3.55. The van der Waals surface area contributed by atoms with E-state index in [1.54, 1.807) is 24.5 Å². The van der Waals surface area contributed by atoms with Gasteiger partial charge in [-0.25, -0.2) is 9.97 Å². The van der Waals surface area contributed by atoms with E-state index >= 15 is 0 Å². The summed E-state index contributed by atoms with van der Waals surface area (Å²) in [6, 6.07) is 3.84. The monoisotopic (exact) mass is 290 g/mol. The van der Waals surface area contributed by atoms with Gasteiger partial charge in [-0.3, -0.25) is 0 Å². The lowest BCUT2D eigenvalue weighted by Crippen LogP contribution is -2.46. The number of hydrogen-bond acceptors (Lipinski definition) is 6. The van der Waals surface area contributed by atoms with E-state index in [0.717, 1.165) is 42.7 Å². The Balaban J connectivity index is 1.67. The Kier molecular flexibility index (Phi) is 3.84. The van der Waals surface area contributed by atoms with Gasteiger partial charge >= 0.3 is 0 Å². The lowest BCUT2D eigenvalue weighted by molar-refractivity contribution is 0.199. The van der Waals surface area contributed by atoms with Crippen LogP contribution in [-0.2, 0) is 0 Å². The van der Waals surface area contributed by atoms with Gasteiger partial charge in [0.15, 0.2) is 5.13 Å². The molecule has 20 heavy (non-hydrogen) atoms. The number of nitrogens with zero attached hydrogens (tertiary/aromatic N) is 4. The number of anilines is 2. The zero-order chi connectivity index (χ0) is 13.9. The first-order valence-corrected chi connectivity index (χ1v) is 7.65. The standard InChI is InChI=1S/C14H18N4OS/c1-11(19)12-2-3-15-13(10-12)17-5-7-18(8-6-17)14-16-4-9-20-14/h2-4,9-11,19H,5-8H2,1H3. The Morgan fingerprint density at radius 1 is 1.15 bits per heavy atom. The van der Waals surface area contributed by atoms with Crippen molar-refractivity contribution in [3.63, 3.8) is 0 Å². The molecule has 3 heterocycles. The molecule has 0 amide bonds. The molecular formula is C14H18N4OS. The summed E-state index contributed by atoms with van der Waals surface area (Å²) in [6.45, 7) is 5.54. The highest BCUT2D eigenvalue weighted by Gasteiger charge is 2.20. The molecule has 1 N–H and O–H groups in total. The van der Waals surface area contributed by atoms with Crippen LogP contribution < -0.4 is 9.80 Å². The molecule has 1 fully saturated rings. The van der Waals surface area contributed by atoms with Gasteiger partial charge in [-0.2, -0.15) is 0 Å². The van der Waals surface area contributed by atoms with Gasteiger partial charge in [0, 0.05) is 44.0 Å². The molecule has 0 spiro atoms. The first kappa shape index (κ1) is 13.3. The molecule has 1 saturated heterocycles. The van der Waals surface area contributed by atoms with Crippen LogP contribution in [0.4, 0.5) is 10.9 Å². The second-order valence-corrected chi connectivity index (χ2v) is 5.79. The van der Waals surface area contributed by atoms with E-state index in [1.165, 1.54) is 0 Å². The fourth-order valence-electron chi connectivity index (χ4n) is 2.37. The second-order valence-electron chi connectivity index (χ2n) is 4.91. The molecule has 106 valence electrons. The Hall–Kier alpha value is -1.66. The lowest BCUT2D eigenvalue weighted by atomic mass is 10.1. The molecule has 1 unspecified atom stereocenters. The maximum Gasteiger partial charge on any atom is 0.185 e. The zero-order valence-electron chi connectivity index (χ0n) is 11.4. The van der Waals surface area contributed by atoms with Crippen LogP contribution in [0.25, 0.3) is 0 Å². The minimum Gasteiger partial charge on any atom is -0.389 e. The van der Waals surface area contributed by atoms with Crippen LogP contribution in [0, 0.1) is 0 Å². The topological polar surface area (TPSA) is 52.5 Å². The van der Waals surface area contributed by atoms with Crippen LogP contribution in [0.1, 0.15) is 18.6 Å². The summed E-state index contributed by atoms with van der Waals surface area (Å²) in [7, 11) is 0. The Labute approximate surface area is 122 Å². The fraction of sp³-hybridized carbons (Fsp3) is 0.429. The van der Waals surface area contributed by atoms with Crippen molar-refractivity contribution in [2.24, 2.45) is 0 Å². The summed E-state index contributed by atoms with van der Waals surface area (Å²) in [4.78, 5) is 13.3. The molecule has 2 aromatic heterocycles. The number of pyridine rings is 1. The van der Waals surface area contributed by atoms with E-state index in [-0.39, 0.29) is 0 Å². The van der Waals surface area contributed by atoms with Crippen LogP contribution in [0.2, 0.25) is 0 Å². The van der Waals surface area contributed by atoms with Crippen molar-refractivity contribution in [3.05, 3.63) is 35.5 Å². The van der Waals surface area contributed by atoms with E-state index in [9.17, 15) is 5.11 Å². The van der Waals surface area contributed by atoms with Gasteiger partial charge in [-0.05, 0) is 24.6 Å². The third kappa shape index (κ3) is 2.76. The van der Waals surface area contributed by atoms with Crippen LogP contribution in [-0.4, -0.2) is 41.3 Å². The molecule has 0 radical (unpaired) electrons. The number of aromatic nitrogens is 2. The van der Waals surface area contributed by atoms with Crippen LogP contribution in [0.3, 0.4) is 0 Å². The van der Waals surface area contributed by atoms with Crippen molar-refractivity contribution >= 4 is 22.3 Å². The lowest BCUT2D eigenvalue weighted by Gasteiger charge is -2.35. The molecule has 0 aromatic carbocycles. The minimum absolute atomic E-state index is 0.451. The van der Waals surface area contributed by atoms with Gasteiger partial charge in [0.25, 0.3) is 0 Å². The van der Waals surface area contributed by atoms with Crippen LogP contribution >= 0.6 is 11.3 Å². The number of piperazine rings is 1. The van der Waals surface area contributed by atoms with Crippen molar-refractivity contribution < 1.29 is 5.11 Å². The fourth-order valence-corrected chi connectivity index (χ4v) is 3.06. The normalized spacial score (nSPS) is 17.3. The maximum absolute atomic E-state index is 9.65. The molecular weight excluding hydrogens is 272 g/mol. The van der Waals surface area contributed by atoms with Crippen LogP contribution in [0.15, 0.2) is 29.9 Å². The van der Waals surface area contributed by atoms with Gasteiger partial charge in [-0.1, -0.05) is 0 Å². The van der Waals surface area contributed by atoms with Crippen molar-refractivity contribution in [3.8, 4) is 0 Å². The average molecular weight is 290 g/mol. The van der Waals surface area contributed by atoms with E-state index < -0.39 is 6.10 Å². The Bertz CT molecular complexity index is 550. The van der Waals surface area contributed by atoms with E-state index in [1.807, 2.05) is 23.7 Å². The summed E-state index contributed by atoms with van der Waals surface area (Å²) in [5.41, 5.74) is 0.914. The molecule has 0 saturated carbocycles. The molecule has 0 aliphatic carbocycles. The van der Waals surface area contributed by atoms with Crippen molar-refractivity contribution in [2.75, 3.05) is 36.0 Å². The van der Waals surface area contributed by atoms with Gasteiger partial charge in [0.2, 0.25) is 0 Å². The first-order valence-electron chi connectivity index (χ1n) is 6.77. The van der Waals surface area contributed by atoms with Crippen molar-refractivity contribution in [1.82, 2.24) is 9.97 Å². The van der Waals surface area contributed by atoms with Gasteiger partial charge < -0.3 is 14.9 Å². The van der Waals surface area contributed by atoms with Gasteiger partial charge in [0.05, 0.1) is 6.10 Å². The molecule has 6 heteroatoms. The smallest absolute Gasteiger partial charge is 0.185 e. The molecule has 1 aliphatic rings. The summed E-state index contributed by atoms with van der Waals surface area (Å²) < 4.78 is 0. The Morgan fingerprint density at radius 3 is 2.55 bits per heavy atom. The highest BCUT2D eigenvalue weighted by Crippen LogP contribution is 2.22. The Morgan fingerprint density at radius 2 is 1.90 bits per heavy atom. The zero-order valence-corrected chi connectivity index (χ0v) is 12.3. The summed E-state index contributed by atoms with van der Waals surface area (Å²) >= 11 is 1.68. The van der Waals surface area contributed by atoms with E-state index in [2.05, 4.69) is 19.8 Å². The third-order valence-corrected chi connectivity index (χ3v) is 4.38. The summed E-state index contributed by atoms with van der Waals surface area (Å²) in [5, 5.41) is 12.8. The molecule has 3 rings (SSSR count). The quantitative estimate of drug-likeness (QED) is 0.936. The van der Waals surface area contributed by atoms with E-state index in [4.69, 9.17) is 0 Å². The number of aliphatic hydroxyl groups excluding tert-OH is 1. The molecule has 1 atom stereocenters. The molecule has 5 nitrogen and oxygen atoms in total. The maximum atomic E-state index is 9.65. The van der Waals surface area contributed by atoms with Crippen molar-refractivity contribution in [2.45, 2.75) is 13.0 Å².